The summed E-state index contributed by atoms with van der Waals surface area (Å²) in [5.74, 6) is -2.13. The van der Waals surface area contributed by atoms with Gasteiger partial charge in [0.2, 0.25) is 10.0 Å². The number of sulfonamides is 1. The van der Waals surface area contributed by atoms with E-state index in [0.29, 0.717) is 0 Å². The Labute approximate surface area is 112 Å². The number of carbonyl (C=O) groups is 1. The van der Waals surface area contributed by atoms with Gasteiger partial charge in [-0.25, -0.2) is 16.8 Å². The highest BCUT2D eigenvalue weighted by atomic mass is 32.2. The summed E-state index contributed by atoms with van der Waals surface area (Å²) in [5, 5.41) is 8.78. The van der Waals surface area contributed by atoms with Crippen LogP contribution in [0.15, 0.2) is 0 Å². The van der Waals surface area contributed by atoms with Gasteiger partial charge in [0.15, 0.2) is 9.84 Å². The number of rotatable bonds is 7. The maximum atomic E-state index is 12.0. The van der Waals surface area contributed by atoms with Gasteiger partial charge in [-0.3, -0.25) is 4.79 Å². The summed E-state index contributed by atoms with van der Waals surface area (Å²) in [6.45, 7) is -0.801. The van der Waals surface area contributed by atoms with Crippen molar-refractivity contribution in [1.82, 2.24) is 4.31 Å². The third-order valence-electron chi connectivity index (χ3n) is 2.81. The van der Waals surface area contributed by atoms with Crippen molar-refractivity contribution >= 4 is 25.8 Å². The molecule has 1 N–H and O–H groups in total. The van der Waals surface area contributed by atoms with Crippen molar-refractivity contribution in [3.8, 4) is 0 Å². The highest BCUT2D eigenvalue weighted by Gasteiger charge is 2.38. The second kappa shape index (κ2) is 6.16. The molecular formula is C9H17NO7S2. The van der Waals surface area contributed by atoms with Crippen LogP contribution in [0.3, 0.4) is 0 Å². The molecule has 1 saturated heterocycles. The average Bonchev–Trinajstić information content (AvgIpc) is 2.63. The molecule has 1 fully saturated rings. The van der Waals surface area contributed by atoms with E-state index in [0.717, 1.165) is 4.31 Å². The molecule has 1 rings (SSSR count). The first kappa shape index (κ1) is 16.3. The average molecular weight is 315 g/mol. The van der Waals surface area contributed by atoms with E-state index in [4.69, 9.17) is 5.11 Å². The zero-order valence-corrected chi connectivity index (χ0v) is 12.1. The SMILES string of the molecule is COCCS(=O)(=O)N(CC(=O)O)C1CCS(=O)(=O)C1. The molecule has 0 aromatic heterocycles. The smallest absolute Gasteiger partial charge is 0.318 e. The highest BCUT2D eigenvalue weighted by Crippen LogP contribution is 2.20. The Morgan fingerprint density at radius 2 is 2.11 bits per heavy atom. The van der Waals surface area contributed by atoms with E-state index in [1.807, 2.05) is 0 Å². The Morgan fingerprint density at radius 3 is 2.53 bits per heavy atom. The minimum absolute atomic E-state index is 0.0715. The molecule has 0 bridgehead atoms. The normalized spacial score (nSPS) is 22.7. The molecule has 0 spiro atoms. The predicted octanol–water partition coefficient (Wildman–Crippen LogP) is -1.46. The van der Waals surface area contributed by atoms with Crippen LogP contribution in [0.25, 0.3) is 0 Å². The number of carboxylic acid groups (broad SMARTS) is 1. The third-order valence-corrected chi connectivity index (χ3v) is 6.38. The number of ether oxygens (including phenoxy) is 1. The first-order valence-corrected chi connectivity index (χ1v) is 9.01. The summed E-state index contributed by atoms with van der Waals surface area (Å²) in [7, 11) is -5.81. The first-order valence-electron chi connectivity index (χ1n) is 5.58. The number of methoxy groups -OCH3 is 1. The number of nitrogens with zero attached hydrogens (tertiary/aromatic N) is 1. The summed E-state index contributed by atoms with van der Waals surface area (Å²) >= 11 is 0. The molecule has 8 nitrogen and oxygen atoms in total. The first-order chi connectivity index (χ1) is 8.68. The molecule has 0 saturated carbocycles. The maximum absolute atomic E-state index is 12.0. The maximum Gasteiger partial charge on any atom is 0.318 e. The van der Waals surface area contributed by atoms with Gasteiger partial charge in [-0.05, 0) is 6.42 Å². The van der Waals surface area contributed by atoms with Gasteiger partial charge in [0.25, 0.3) is 0 Å². The van der Waals surface area contributed by atoms with Crippen molar-refractivity contribution in [3.63, 3.8) is 0 Å². The van der Waals surface area contributed by atoms with E-state index >= 15 is 0 Å². The minimum Gasteiger partial charge on any atom is -0.480 e. The Morgan fingerprint density at radius 1 is 1.47 bits per heavy atom. The summed E-state index contributed by atoms with van der Waals surface area (Å²) in [4.78, 5) is 10.8. The van der Waals surface area contributed by atoms with Crippen LogP contribution in [0.5, 0.6) is 0 Å². The molecule has 0 amide bonds. The zero-order chi connectivity index (χ0) is 14.7. The Hall–Kier alpha value is -0.710. The molecule has 19 heavy (non-hydrogen) atoms. The van der Waals surface area contributed by atoms with Crippen LogP contribution in [-0.4, -0.2) is 75.8 Å². The number of sulfone groups is 1. The number of aliphatic carboxylic acids is 1. The topological polar surface area (TPSA) is 118 Å². The summed E-state index contributed by atoms with van der Waals surface area (Å²) in [6, 6.07) is -0.803. The minimum atomic E-state index is -3.85. The Kier molecular flexibility index (Phi) is 5.30. The molecule has 0 aromatic rings. The lowest BCUT2D eigenvalue weighted by Crippen LogP contribution is -2.45. The fourth-order valence-corrected chi connectivity index (χ4v) is 5.27. The van der Waals surface area contributed by atoms with E-state index < -0.39 is 38.4 Å². The fourth-order valence-electron chi connectivity index (χ4n) is 1.90. The van der Waals surface area contributed by atoms with Gasteiger partial charge in [0, 0.05) is 13.2 Å². The Balaban J connectivity index is 2.92. The van der Waals surface area contributed by atoms with Gasteiger partial charge >= 0.3 is 5.97 Å². The van der Waals surface area contributed by atoms with Gasteiger partial charge in [0.05, 0.1) is 23.9 Å². The van der Waals surface area contributed by atoms with Crippen molar-refractivity contribution in [2.24, 2.45) is 0 Å². The van der Waals surface area contributed by atoms with Crippen molar-refractivity contribution in [1.29, 1.82) is 0 Å². The van der Waals surface area contributed by atoms with E-state index in [2.05, 4.69) is 4.74 Å². The summed E-state index contributed by atoms with van der Waals surface area (Å²) in [5.41, 5.74) is 0. The zero-order valence-electron chi connectivity index (χ0n) is 10.5. The summed E-state index contributed by atoms with van der Waals surface area (Å²) < 4.78 is 52.2. The third kappa shape index (κ3) is 4.71. The quantitative estimate of drug-likeness (QED) is 0.609. The van der Waals surface area contributed by atoms with E-state index in [1.165, 1.54) is 7.11 Å². The van der Waals surface area contributed by atoms with E-state index in [1.54, 1.807) is 0 Å². The molecule has 0 aromatic carbocycles. The van der Waals surface area contributed by atoms with Crippen LogP contribution in [0.4, 0.5) is 0 Å². The Bertz CT molecular complexity index is 525. The second-order valence-corrected chi connectivity index (χ2v) is 8.57. The van der Waals surface area contributed by atoms with E-state index in [-0.39, 0.29) is 30.3 Å². The van der Waals surface area contributed by atoms with Crippen molar-refractivity contribution in [2.45, 2.75) is 12.5 Å². The van der Waals surface area contributed by atoms with Crippen LogP contribution in [-0.2, 0) is 29.4 Å². The number of carboxylic acids is 1. The van der Waals surface area contributed by atoms with Crippen molar-refractivity contribution < 1.29 is 31.5 Å². The molecule has 112 valence electrons. The van der Waals surface area contributed by atoms with Crippen LogP contribution in [0.2, 0.25) is 0 Å². The van der Waals surface area contributed by atoms with Crippen LogP contribution in [0.1, 0.15) is 6.42 Å². The van der Waals surface area contributed by atoms with E-state index in [9.17, 15) is 21.6 Å². The lowest BCUT2D eigenvalue weighted by molar-refractivity contribution is -0.137. The van der Waals surface area contributed by atoms with Crippen LogP contribution in [0, 0.1) is 0 Å². The highest BCUT2D eigenvalue weighted by molar-refractivity contribution is 7.92. The number of hydrogen-bond donors (Lipinski definition) is 1. The van der Waals surface area contributed by atoms with Crippen molar-refractivity contribution in [2.75, 3.05) is 37.5 Å². The van der Waals surface area contributed by atoms with Crippen molar-refractivity contribution in [3.05, 3.63) is 0 Å². The fraction of sp³-hybridized carbons (Fsp3) is 0.889. The van der Waals surface area contributed by atoms with Gasteiger partial charge < -0.3 is 9.84 Å². The molecule has 0 aliphatic carbocycles. The van der Waals surface area contributed by atoms with Gasteiger partial charge in [0.1, 0.15) is 6.54 Å². The molecular weight excluding hydrogens is 298 g/mol. The van der Waals surface area contributed by atoms with Gasteiger partial charge in [-0.2, -0.15) is 4.31 Å². The largest absolute Gasteiger partial charge is 0.480 e. The standard InChI is InChI=1S/C9H17NO7S2/c1-17-3-5-19(15,16)10(6-9(11)12)8-2-4-18(13,14)7-8/h8H,2-7H2,1H3,(H,11,12). The molecule has 1 aliphatic heterocycles. The van der Waals surface area contributed by atoms with Gasteiger partial charge in [-0.1, -0.05) is 0 Å². The lowest BCUT2D eigenvalue weighted by Gasteiger charge is -2.25. The predicted molar refractivity (Wildman–Crippen MR) is 67.1 cm³/mol. The lowest BCUT2D eigenvalue weighted by atomic mass is 10.2. The van der Waals surface area contributed by atoms with Gasteiger partial charge in [-0.15, -0.1) is 0 Å². The summed E-state index contributed by atoms with van der Waals surface area (Å²) in [6.07, 6.45) is 0.127. The molecule has 1 heterocycles. The molecule has 10 heteroatoms. The van der Waals surface area contributed by atoms with Crippen LogP contribution >= 0.6 is 0 Å². The van der Waals surface area contributed by atoms with Crippen LogP contribution < -0.4 is 0 Å². The molecule has 1 aliphatic rings. The molecule has 1 unspecified atom stereocenters. The number of hydrogen-bond acceptors (Lipinski definition) is 6. The molecule has 1 atom stereocenters. The monoisotopic (exact) mass is 315 g/mol. The second-order valence-electron chi connectivity index (χ2n) is 4.30. The molecule has 0 radical (unpaired) electrons.